The van der Waals surface area contributed by atoms with Crippen molar-refractivity contribution in [1.29, 1.82) is 0 Å². The fraction of sp³-hybridized carbons (Fsp3) is 0.600. The number of carbonyl (C=O) groups excluding carboxylic acids is 2. The predicted molar refractivity (Wildman–Crippen MR) is 104 cm³/mol. The Morgan fingerprint density at radius 2 is 2.21 bits per heavy atom. The maximum atomic E-state index is 13.2. The lowest BCUT2D eigenvalue weighted by molar-refractivity contribution is -0.143. The van der Waals surface area contributed by atoms with Crippen molar-refractivity contribution in [1.82, 2.24) is 19.9 Å². The van der Waals surface area contributed by atoms with E-state index < -0.39 is 0 Å². The maximum absolute atomic E-state index is 13.2. The van der Waals surface area contributed by atoms with Gasteiger partial charge in [0.2, 0.25) is 0 Å². The van der Waals surface area contributed by atoms with Crippen LogP contribution >= 0.6 is 0 Å². The first-order chi connectivity index (χ1) is 13.5. The third-order valence-corrected chi connectivity index (χ3v) is 5.27. The Hall–Kier alpha value is -2.48. The van der Waals surface area contributed by atoms with E-state index in [4.69, 9.17) is 9.26 Å². The summed E-state index contributed by atoms with van der Waals surface area (Å²) in [5.74, 6) is -0.426. The summed E-state index contributed by atoms with van der Waals surface area (Å²) in [6.45, 7) is 8.99. The second-order valence-corrected chi connectivity index (χ2v) is 7.08. The Balaban J connectivity index is 1.79. The van der Waals surface area contributed by atoms with Crippen LogP contribution in [-0.2, 0) is 9.53 Å². The molecule has 1 atom stereocenters. The normalized spacial score (nSPS) is 17.2. The van der Waals surface area contributed by atoms with E-state index in [9.17, 15) is 9.59 Å². The van der Waals surface area contributed by atoms with Gasteiger partial charge in [0, 0.05) is 25.3 Å². The lowest BCUT2D eigenvalue weighted by Gasteiger charge is -2.30. The van der Waals surface area contributed by atoms with Crippen LogP contribution < -0.4 is 0 Å². The second kappa shape index (κ2) is 9.14. The van der Waals surface area contributed by atoms with Gasteiger partial charge in [-0.3, -0.25) is 14.5 Å². The van der Waals surface area contributed by atoms with Gasteiger partial charge in [0.1, 0.15) is 0 Å². The zero-order valence-electron chi connectivity index (χ0n) is 16.8. The highest BCUT2D eigenvalue weighted by Gasteiger charge is 2.28. The van der Waals surface area contributed by atoms with Crippen LogP contribution in [-0.4, -0.2) is 70.6 Å². The number of esters is 1. The summed E-state index contributed by atoms with van der Waals surface area (Å²) in [5, 5.41) is 4.62. The van der Waals surface area contributed by atoms with Gasteiger partial charge in [-0.1, -0.05) is 12.1 Å². The largest absolute Gasteiger partial charge is 0.466 e. The molecule has 8 nitrogen and oxygen atoms in total. The third-order valence-electron chi connectivity index (χ3n) is 5.27. The van der Waals surface area contributed by atoms with Gasteiger partial charge in [-0.2, -0.15) is 0 Å². The first-order valence-electron chi connectivity index (χ1n) is 9.94. The highest BCUT2D eigenvalue weighted by atomic mass is 16.5. The number of ether oxygens (including phenoxy) is 1. The van der Waals surface area contributed by atoms with E-state index in [1.165, 1.54) is 6.20 Å². The Kier molecular flexibility index (Phi) is 6.61. The van der Waals surface area contributed by atoms with Crippen LogP contribution in [0.3, 0.4) is 0 Å². The fourth-order valence-corrected chi connectivity index (χ4v) is 3.75. The van der Waals surface area contributed by atoms with Crippen molar-refractivity contribution < 1.29 is 18.8 Å². The van der Waals surface area contributed by atoms with Crippen molar-refractivity contribution >= 4 is 23.0 Å². The minimum atomic E-state index is -0.289. The Bertz CT molecular complexity index is 835. The number of likely N-dealkylation sites (N-methyl/N-ethyl adjacent to an activating group) is 1. The molecule has 3 rings (SSSR count). The summed E-state index contributed by atoms with van der Waals surface area (Å²) in [7, 11) is 0. The molecule has 1 amide bonds. The topological polar surface area (TPSA) is 88.8 Å². The molecule has 2 aromatic rings. The van der Waals surface area contributed by atoms with Gasteiger partial charge in [0.05, 0.1) is 29.7 Å². The van der Waals surface area contributed by atoms with Crippen molar-refractivity contribution in [2.75, 3.05) is 32.8 Å². The third kappa shape index (κ3) is 4.49. The quantitative estimate of drug-likeness (QED) is 0.642. The number of aryl methyl sites for hydroxylation is 1. The molecule has 8 heteroatoms. The van der Waals surface area contributed by atoms with Crippen LogP contribution in [0.2, 0.25) is 0 Å². The van der Waals surface area contributed by atoms with E-state index >= 15 is 0 Å². The van der Waals surface area contributed by atoms with Gasteiger partial charge in [-0.05, 0) is 45.8 Å². The summed E-state index contributed by atoms with van der Waals surface area (Å²) >= 11 is 0. The molecule has 0 saturated carbocycles. The number of pyridine rings is 1. The molecule has 0 bridgehead atoms. The zero-order chi connectivity index (χ0) is 20.1. The molecule has 3 heterocycles. The van der Waals surface area contributed by atoms with E-state index in [-0.39, 0.29) is 18.3 Å². The summed E-state index contributed by atoms with van der Waals surface area (Å²) in [6, 6.07) is 2.07. The smallest absolute Gasteiger partial charge is 0.307 e. The number of likely N-dealkylation sites (tertiary alicyclic amines) is 1. The fourth-order valence-electron chi connectivity index (χ4n) is 3.75. The molecule has 0 radical (unpaired) electrons. The van der Waals surface area contributed by atoms with E-state index in [2.05, 4.69) is 22.0 Å². The minimum absolute atomic E-state index is 0.137. The molecule has 152 valence electrons. The van der Waals surface area contributed by atoms with Gasteiger partial charge in [0.25, 0.3) is 11.6 Å². The number of fused-ring (bicyclic) bond motifs is 1. The van der Waals surface area contributed by atoms with Gasteiger partial charge in [-0.15, -0.1) is 0 Å². The predicted octanol–water partition coefficient (Wildman–Crippen LogP) is 2.41. The van der Waals surface area contributed by atoms with E-state index in [1.807, 2.05) is 6.92 Å². The number of rotatable bonds is 8. The molecule has 28 heavy (non-hydrogen) atoms. The van der Waals surface area contributed by atoms with Gasteiger partial charge < -0.3 is 14.2 Å². The maximum Gasteiger partial charge on any atom is 0.307 e. The molecule has 0 N–H and O–H groups in total. The molecular formula is C20H28N4O4. The molecule has 2 aromatic heterocycles. The van der Waals surface area contributed by atoms with Gasteiger partial charge in [-0.25, -0.2) is 4.98 Å². The molecule has 0 spiro atoms. The van der Waals surface area contributed by atoms with Gasteiger partial charge in [0.15, 0.2) is 0 Å². The SMILES string of the molecule is CCOC(=O)CCN(CC1CCCN1CC)C(=O)c1cnc2onc(C)c2c1. The number of carbonyl (C=O) groups is 2. The number of hydrogen-bond acceptors (Lipinski definition) is 7. The van der Waals surface area contributed by atoms with Crippen LogP contribution in [0.5, 0.6) is 0 Å². The average molecular weight is 388 g/mol. The molecule has 0 aromatic carbocycles. The van der Waals surface area contributed by atoms with E-state index in [1.54, 1.807) is 17.9 Å². The molecular weight excluding hydrogens is 360 g/mol. The number of hydrogen-bond donors (Lipinski definition) is 0. The number of nitrogens with zero attached hydrogens (tertiary/aromatic N) is 4. The molecule has 1 saturated heterocycles. The number of aromatic nitrogens is 2. The Labute approximate surface area is 164 Å². The van der Waals surface area contributed by atoms with Gasteiger partial charge >= 0.3 is 5.97 Å². The van der Waals surface area contributed by atoms with Crippen molar-refractivity contribution in [3.8, 4) is 0 Å². The van der Waals surface area contributed by atoms with E-state index in [0.29, 0.717) is 42.7 Å². The molecule has 1 aliphatic rings. The standard InChI is InChI=1S/C20H28N4O4/c1-4-23-9-6-7-16(23)13-24(10-8-18(25)27-5-2)20(26)15-11-17-14(3)22-28-19(17)21-12-15/h11-12,16H,4-10,13H2,1-3H3. The van der Waals surface area contributed by atoms with Crippen molar-refractivity contribution in [2.45, 2.75) is 46.1 Å². The number of amides is 1. The van der Waals surface area contributed by atoms with Crippen LogP contribution in [0.4, 0.5) is 0 Å². The van der Waals surface area contributed by atoms with Crippen LogP contribution in [0.25, 0.3) is 11.1 Å². The average Bonchev–Trinajstić information content (AvgIpc) is 3.30. The van der Waals surface area contributed by atoms with Crippen molar-refractivity contribution in [2.24, 2.45) is 0 Å². The minimum Gasteiger partial charge on any atom is -0.466 e. The highest BCUT2D eigenvalue weighted by Crippen LogP contribution is 2.21. The Morgan fingerprint density at radius 3 is 2.96 bits per heavy atom. The summed E-state index contributed by atoms with van der Waals surface area (Å²) in [6.07, 6.45) is 3.88. The monoisotopic (exact) mass is 388 g/mol. The van der Waals surface area contributed by atoms with Crippen molar-refractivity contribution in [3.63, 3.8) is 0 Å². The summed E-state index contributed by atoms with van der Waals surface area (Å²) < 4.78 is 10.2. The second-order valence-electron chi connectivity index (χ2n) is 7.08. The summed E-state index contributed by atoms with van der Waals surface area (Å²) in [4.78, 5) is 33.4. The lowest BCUT2D eigenvalue weighted by atomic mass is 10.1. The Morgan fingerprint density at radius 1 is 1.39 bits per heavy atom. The first kappa shape index (κ1) is 20.3. The zero-order valence-corrected chi connectivity index (χ0v) is 16.8. The molecule has 1 aliphatic heterocycles. The highest BCUT2D eigenvalue weighted by molar-refractivity contribution is 5.97. The van der Waals surface area contributed by atoms with E-state index in [0.717, 1.165) is 31.3 Å². The molecule has 0 aliphatic carbocycles. The molecule has 1 unspecified atom stereocenters. The molecule has 1 fully saturated rings. The first-order valence-corrected chi connectivity index (χ1v) is 9.94. The van der Waals surface area contributed by atoms with Crippen LogP contribution in [0.1, 0.15) is 49.2 Å². The summed E-state index contributed by atoms with van der Waals surface area (Å²) in [5.41, 5.74) is 1.59. The van der Waals surface area contributed by atoms with Crippen LogP contribution in [0, 0.1) is 6.92 Å². The van der Waals surface area contributed by atoms with Crippen molar-refractivity contribution in [3.05, 3.63) is 23.5 Å². The lowest BCUT2D eigenvalue weighted by Crippen LogP contribution is -2.44. The van der Waals surface area contributed by atoms with Crippen LogP contribution in [0.15, 0.2) is 16.8 Å².